The van der Waals surface area contributed by atoms with Crippen molar-refractivity contribution < 1.29 is 49.4 Å². The Kier molecular flexibility index (Phi) is 13.4. The molecule has 0 rings (SSSR count). The molecule has 28 heavy (non-hydrogen) atoms. The van der Waals surface area contributed by atoms with Crippen LogP contribution in [-0.2, 0) is 23.9 Å². The number of aliphatic hydroxyl groups excluding tert-OH is 5. The summed E-state index contributed by atoms with van der Waals surface area (Å²) in [6.45, 7) is -0.904. The van der Waals surface area contributed by atoms with Crippen molar-refractivity contribution >= 4 is 39.4 Å². The first-order valence-electron chi connectivity index (χ1n) is 7.89. The van der Waals surface area contributed by atoms with Crippen molar-refractivity contribution in [1.29, 1.82) is 0 Å². The van der Waals surface area contributed by atoms with Gasteiger partial charge in [0.25, 0.3) is 5.91 Å². The van der Waals surface area contributed by atoms with Crippen LogP contribution in [0.5, 0.6) is 0 Å². The normalized spacial score (nSPS) is 17.6. The van der Waals surface area contributed by atoms with E-state index in [-0.39, 0.29) is 11.5 Å². The maximum absolute atomic E-state index is 12.0. The van der Waals surface area contributed by atoms with E-state index in [1.165, 1.54) is 7.11 Å². The van der Waals surface area contributed by atoms with Gasteiger partial charge in [-0.15, -0.1) is 0 Å². The third kappa shape index (κ3) is 8.91. The third-order valence-corrected chi connectivity index (χ3v) is 5.84. The molecule has 6 atom stereocenters. The number of ether oxygens (including phenoxy) is 2. The minimum atomic E-state index is -2.19. The van der Waals surface area contributed by atoms with E-state index in [2.05, 4.69) is 14.8 Å². The standard InChI is InChI=1S/C14H26N2O10S2/c1-25-13(23)6(15)4-27-28-5-7(14(24)26-2)16-12(22)11(21)10(20)9(19)8(18)3-17/h6-11,17-21H,3-5,15H2,1-2H3,(H,16,22)/t6?,7-,8+,9+,10-,11+/m0/s1. The van der Waals surface area contributed by atoms with Crippen LogP contribution in [-0.4, -0.2) is 112 Å². The predicted molar refractivity (Wildman–Crippen MR) is 100.0 cm³/mol. The minimum Gasteiger partial charge on any atom is -0.468 e. The fourth-order valence-electron chi connectivity index (χ4n) is 1.70. The van der Waals surface area contributed by atoms with Crippen molar-refractivity contribution in [2.45, 2.75) is 36.5 Å². The van der Waals surface area contributed by atoms with E-state index in [4.69, 9.17) is 10.8 Å². The Morgan fingerprint density at radius 3 is 2.00 bits per heavy atom. The lowest BCUT2D eigenvalue weighted by atomic mass is 10.0. The molecule has 0 spiro atoms. The van der Waals surface area contributed by atoms with Gasteiger partial charge in [-0.25, -0.2) is 4.79 Å². The summed E-state index contributed by atoms with van der Waals surface area (Å²) in [7, 11) is 4.49. The van der Waals surface area contributed by atoms with Gasteiger partial charge in [-0.3, -0.25) is 9.59 Å². The molecule has 0 aromatic carbocycles. The molecular formula is C14H26N2O10S2. The zero-order chi connectivity index (χ0) is 21.9. The molecule has 0 aliphatic heterocycles. The Balaban J connectivity index is 4.71. The van der Waals surface area contributed by atoms with Crippen LogP contribution in [0, 0.1) is 0 Å². The molecule has 0 aliphatic carbocycles. The first-order chi connectivity index (χ1) is 13.1. The van der Waals surface area contributed by atoms with Crippen molar-refractivity contribution in [2.75, 3.05) is 32.3 Å². The molecule has 0 saturated heterocycles. The fourth-order valence-corrected chi connectivity index (χ4v) is 3.96. The molecule has 1 unspecified atom stereocenters. The summed E-state index contributed by atoms with van der Waals surface area (Å²) < 4.78 is 9.02. The Morgan fingerprint density at radius 1 is 0.964 bits per heavy atom. The maximum atomic E-state index is 12.0. The number of carbonyl (C=O) groups excluding carboxylic acids is 3. The van der Waals surface area contributed by atoms with Crippen molar-refractivity contribution in [3.63, 3.8) is 0 Å². The molecule has 164 valence electrons. The summed E-state index contributed by atoms with van der Waals surface area (Å²) in [5, 5.41) is 49.2. The summed E-state index contributed by atoms with van der Waals surface area (Å²) >= 11 is 0. The fraction of sp³-hybridized carbons (Fsp3) is 0.786. The molecule has 0 radical (unpaired) electrons. The summed E-state index contributed by atoms with van der Waals surface area (Å²) in [6.07, 6.45) is -8.07. The monoisotopic (exact) mass is 446 g/mol. The van der Waals surface area contributed by atoms with Crippen molar-refractivity contribution in [1.82, 2.24) is 5.32 Å². The van der Waals surface area contributed by atoms with Gasteiger partial charge in [0.1, 0.15) is 30.4 Å². The summed E-state index contributed by atoms with van der Waals surface area (Å²) in [5.41, 5.74) is 5.56. The zero-order valence-corrected chi connectivity index (χ0v) is 16.9. The highest BCUT2D eigenvalue weighted by Gasteiger charge is 2.35. The van der Waals surface area contributed by atoms with Crippen LogP contribution in [0.3, 0.4) is 0 Å². The highest BCUT2D eigenvalue weighted by atomic mass is 33.1. The molecule has 0 aromatic heterocycles. The number of esters is 2. The molecular weight excluding hydrogens is 420 g/mol. The van der Waals surface area contributed by atoms with Gasteiger partial charge in [0, 0.05) is 11.5 Å². The van der Waals surface area contributed by atoms with Gasteiger partial charge >= 0.3 is 11.9 Å². The van der Waals surface area contributed by atoms with Gasteiger partial charge in [-0.1, -0.05) is 21.6 Å². The number of amides is 1. The second kappa shape index (κ2) is 13.9. The molecule has 0 bridgehead atoms. The molecule has 14 heteroatoms. The van der Waals surface area contributed by atoms with Gasteiger partial charge in [-0.2, -0.15) is 0 Å². The number of carbonyl (C=O) groups is 3. The highest BCUT2D eigenvalue weighted by molar-refractivity contribution is 8.76. The Hall–Kier alpha value is -1.13. The van der Waals surface area contributed by atoms with E-state index < -0.39 is 61.0 Å². The molecule has 0 heterocycles. The van der Waals surface area contributed by atoms with Gasteiger partial charge in [-0.05, 0) is 0 Å². The quantitative estimate of drug-likeness (QED) is 0.0817. The van der Waals surface area contributed by atoms with Crippen LogP contribution in [0.15, 0.2) is 0 Å². The summed E-state index contributed by atoms with van der Waals surface area (Å²) in [4.78, 5) is 35.0. The van der Waals surface area contributed by atoms with Crippen LogP contribution in [0.4, 0.5) is 0 Å². The maximum Gasteiger partial charge on any atom is 0.329 e. The Labute approximate surface area is 169 Å². The smallest absolute Gasteiger partial charge is 0.329 e. The average Bonchev–Trinajstić information content (AvgIpc) is 2.71. The number of rotatable bonds is 13. The highest BCUT2D eigenvalue weighted by Crippen LogP contribution is 2.23. The SMILES string of the molecule is COC(=O)C(N)CSSC[C@H](NC(=O)[C@H](O)[C@@H](O)[C@H](O)[C@H](O)CO)C(=O)OC. The van der Waals surface area contributed by atoms with E-state index >= 15 is 0 Å². The molecule has 0 saturated carbocycles. The van der Waals surface area contributed by atoms with Crippen LogP contribution >= 0.6 is 21.6 Å². The number of hydrogen-bond donors (Lipinski definition) is 7. The topological polar surface area (TPSA) is 209 Å². The number of hydrogen-bond acceptors (Lipinski definition) is 13. The van der Waals surface area contributed by atoms with E-state index in [9.17, 15) is 34.8 Å². The summed E-state index contributed by atoms with van der Waals surface area (Å²) in [6, 6.07) is -2.09. The van der Waals surface area contributed by atoms with Gasteiger partial charge < -0.3 is 46.1 Å². The number of nitrogens with two attached hydrogens (primary N) is 1. The minimum absolute atomic E-state index is 0.0262. The molecule has 0 fully saturated rings. The van der Waals surface area contributed by atoms with Crippen LogP contribution in [0.1, 0.15) is 0 Å². The first-order valence-corrected chi connectivity index (χ1v) is 10.4. The van der Waals surface area contributed by atoms with Gasteiger partial charge in [0.2, 0.25) is 0 Å². The second-order valence-electron chi connectivity index (χ2n) is 5.46. The van der Waals surface area contributed by atoms with Crippen LogP contribution in [0.2, 0.25) is 0 Å². The lowest BCUT2D eigenvalue weighted by Crippen LogP contribution is -2.55. The van der Waals surface area contributed by atoms with Gasteiger partial charge in [0.05, 0.1) is 20.8 Å². The van der Waals surface area contributed by atoms with Gasteiger partial charge in [0.15, 0.2) is 6.10 Å². The van der Waals surface area contributed by atoms with Crippen molar-refractivity contribution in [2.24, 2.45) is 5.73 Å². The van der Waals surface area contributed by atoms with E-state index in [1.54, 1.807) is 0 Å². The molecule has 12 nitrogen and oxygen atoms in total. The lowest BCUT2D eigenvalue weighted by molar-refractivity contribution is -0.153. The predicted octanol–water partition coefficient (Wildman–Crippen LogP) is -4.04. The number of methoxy groups -OCH3 is 2. The lowest BCUT2D eigenvalue weighted by Gasteiger charge is -2.26. The first kappa shape index (κ1) is 26.9. The van der Waals surface area contributed by atoms with Crippen LogP contribution in [0.25, 0.3) is 0 Å². The average molecular weight is 447 g/mol. The van der Waals surface area contributed by atoms with Crippen molar-refractivity contribution in [3.8, 4) is 0 Å². The molecule has 8 N–H and O–H groups in total. The second-order valence-corrected chi connectivity index (χ2v) is 8.01. The Morgan fingerprint density at radius 2 is 1.50 bits per heavy atom. The summed E-state index contributed by atoms with van der Waals surface area (Å²) in [5.74, 6) is -2.50. The number of nitrogens with one attached hydrogen (secondary N) is 1. The van der Waals surface area contributed by atoms with Crippen LogP contribution < -0.4 is 11.1 Å². The Bertz CT molecular complexity index is 513. The zero-order valence-electron chi connectivity index (χ0n) is 15.3. The van der Waals surface area contributed by atoms with E-state index in [0.717, 1.165) is 28.7 Å². The molecule has 1 amide bonds. The van der Waals surface area contributed by atoms with E-state index in [0.29, 0.717) is 0 Å². The third-order valence-electron chi connectivity index (χ3n) is 3.40. The largest absolute Gasteiger partial charge is 0.468 e. The van der Waals surface area contributed by atoms with E-state index in [1.807, 2.05) is 0 Å². The molecule has 0 aliphatic rings. The number of aliphatic hydroxyl groups is 5. The van der Waals surface area contributed by atoms with Crippen molar-refractivity contribution in [3.05, 3.63) is 0 Å². The molecule has 0 aromatic rings.